The number of likely N-dealkylation sites (tertiary alicyclic amines) is 1. The van der Waals surface area contributed by atoms with Gasteiger partial charge in [-0.3, -0.25) is 0 Å². The highest BCUT2D eigenvalue weighted by Gasteiger charge is 2.32. The zero-order chi connectivity index (χ0) is 16.2. The second-order valence-electron chi connectivity index (χ2n) is 5.42. The molecule has 7 heteroatoms. The summed E-state index contributed by atoms with van der Waals surface area (Å²) in [5.41, 5.74) is 0. The monoisotopic (exact) mass is 328 g/mol. The first-order valence-corrected chi connectivity index (χ1v) is 9.02. The first kappa shape index (κ1) is 16.7. The molecule has 0 saturated carbocycles. The molecule has 1 aliphatic rings. The van der Waals surface area contributed by atoms with E-state index in [1.165, 1.54) is 12.1 Å². The zero-order valence-corrected chi connectivity index (χ0v) is 13.4. The van der Waals surface area contributed by atoms with Crippen LogP contribution in [0.15, 0.2) is 29.2 Å². The lowest BCUT2D eigenvalue weighted by Crippen LogP contribution is -2.47. The summed E-state index contributed by atoms with van der Waals surface area (Å²) in [6.45, 7) is 3.43. The molecule has 1 N–H and O–H groups in total. The van der Waals surface area contributed by atoms with Crippen LogP contribution >= 0.6 is 0 Å². The number of piperidine rings is 1. The Labute approximate surface area is 130 Å². The second kappa shape index (κ2) is 7.09. The van der Waals surface area contributed by atoms with Gasteiger partial charge in [0.15, 0.2) is 9.84 Å². The Kier molecular flexibility index (Phi) is 5.39. The van der Waals surface area contributed by atoms with Crippen LogP contribution in [0.2, 0.25) is 0 Å². The second-order valence-corrected chi connectivity index (χ2v) is 7.65. The Balaban J connectivity index is 1.98. The molecule has 1 aromatic carbocycles. The number of hydrogen-bond acceptors (Lipinski definition) is 3. The van der Waals surface area contributed by atoms with Crippen molar-refractivity contribution in [3.8, 4) is 0 Å². The van der Waals surface area contributed by atoms with E-state index >= 15 is 0 Å². The van der Waals surface area contributed by atoms with Gasteiger partial charge in [-0.25, -0.2) is 17.6 Å². The average molecular weight is 328 g/mol. The third kappa shape index (κ3) is 3.76. The van der Waals surface area contributed by atoms with E-state index in [0.717, 1.165) is 18.6 Å². The van der Waals surface area contributed by atoms with Crippen LogP contribution in [0, 0.1) is 5.82 Å². The van der Waals surface area contributed by atoms with Gasteiger partial charge in [0.1, 0.15) is 5.82 Å². The minimum atomic E-state index is -3.47. The third-order valence-corrected chi connectivity index (χ3v) is 6.11. The van der Waals surface area contributed by atoms with Gasteiger partial charge in [-0.15, -0.1) is 0 Å². The van der Waals surface area contributed by atoms with Crippen LogP contribution in [0.25, 0.3) is 0 Å². The fourth-order valence-electron chi connectivity index (χ4n) is 2.53. The fraction of sp³-hybridized carbons (Fsp3) is 0.533. The number of hydrogen-bond donors (Lipinski definition) is 1. The summed E-state index contributed by atoms with van der Waals surface area (Å²) in [5, 5.41) is 2.27. The van der Waals surface area contributed by atoms with E-state index < -0.39 is 20.9 Å². The van der Waals surface area contributed by atoms with Crippen molar-refractivity contribution in [2.75, 3.05) is 19.6 Å². The van der Waals surface area contributed by atoms with E-state index in [2.05, 4.69) is 5.32 Å². The number of benzene rings is 1. The van der Waals surface area contributed by atoms with Gasteiger partial charge in [0, 0.05) is 19.6 Å². The van der Waals surface area contributed by atoms with Gasteiger partial charge in [0.2, 0.25) is 0 Å². The van der Waals surface area contributed by atoms with Crippen LogP contribution in [0.1, 0.15) is 26.2 Å². The maximum absolute atomic E-state index is 12.9. The molecule has 0 aromatic heterocycles. The maximum atomic E-state index is 12.9. The molecule has 1 aromatic rings. The van der Waals surface area contributed by atoms with Crippen LogP contribution in [0.5, 0.6) is 0 Å². The standard InChI is InChI=1S/C15H21FN2O3S/c1-2-9-17-15(19)18-10-7-14(8-11-18)22(20,21)13-5-3-12(16)4-6-13/h3-6,14H,2,7-11H2,1H3,(H,17,19). The number of nitrogens with one attached hydrogen (secondary N) is 1. The van der Waals surface area contributed by atoms with Crippen molar-refractivity contribution >= 4 is 15.9 Å². The van der Waals surface area contributed by atoms with Gasteiger partial charge in [0.25, 0.3) is 0 Å². The Morgan fingerprint density at radius 2 is 1.86 bits per heavy atom. The van der Waals surface area contributed by atoms with Crippen molar-refractivity contribution in [1.82, 2.24) is 10.2 Å². The number of sulfone groups is 1. The molecule has 0 bridgehead atoms. The van der Waals surface area contributed by atoms with Crippen molar-refractivity contribution in [3.63, 3.8) is 0 Å². The summed E-state index contributed by atoms with van der Waals surface area (Å²) in [5.74, 6) is -0.457. The van der Waals surface area contributed by atoms with Gasteiger partial charge in [-0.1, -0.05) is 6.92 Å². The van der Waals surface area contributed by atoms with Crippen molar-refractivity contribution in [1.29, 1.82) is 0 Å². The van der Waals surface area contributed by atoms with Crippen LogP contribution < -0.4 is 5.32 Å². The molecule has 1 saturated heterocycles. The van der Waals surface area contributed by atoms with Crippen molar-refractivity contribution < 1.29 is 17.6 Å². The molecule has 1 fully saturated rings. The fourth-order valence-corrected chi connectivity index (χ4v) is 4.26. The van der Waals surface area contributed by atoms with E-state index in [1.54, 1.807) is 4.90 Å². The van der Waals surface area contributed by atoms with Crippen LogP contribution in [-0.4, -0.2) is 44.2 Å². The summed E-state index contributed by atoms with van der Waals surface area (Å²) < 4.78 is 37.9. The Morgan fingerprint density at radius 3 is 2.41 bits per heavy atom. The van der Waals surface area contributed by atoms with Crippen LogP contribution in [0.4, 0.5) is 9.18 Å². The minimum absolute atomic E-state index is 0.139. The molecule has 0 radical (unpaired) electrons. The van der Waals surface area contributed by atoms with Crippen molar-refractivity contribution in [2.45, 2.75) is 36.3 Å². The number of urea groups is 1. The van der Waals surface area contributed by atoms with Crippen molar-refractivity contribution in [3.05, 3.63) is 30.1 Å². The Hall–Kier alpha value is -1.63. The summed E-state index contributed by atoms with van der Waals surface area (Å²) in [6, 6.07) is 4.76. The van der Waals surface area contributed by atoms with E-state index in [9.17, 15) is 17.6 Å². The number of carbonyl (C=O) groups is 1. The summed E-state index contributed by atoms with van der Waals surface area (Å²) >= 11 is 0. The van der Waals surface area contributed by atoms with Crippen molar-refractivity contribution in [2.24, 2.45) is 0 Å². The number of rotatable bonds is 4. The lowest BCUT2D eigenvalue weighted by molar-refractivity contribution is 0.187. The molecule has 0 spiro atoms. The van der Waals surface area contributed by atoms with Gasteiger partial charge in [0.05, 0.1) is 10.1 Å². The van der Waals surface area contributed by atoms with Crippen LogP contribution in [-0.2, 0) is 9.84 Å². The van der Waals surface area contributed by atoms with Gasteiger partial charge >= 0.3 is 6.03 Å². The molecule has 5 nitrogen and oxygen atoms in total. The molecule has 22 heavy (non-hydrogen) atoms. The molecule has 2 amide bonds. The molecule has 0 aliphatic carbocycles. The lowest BCUT2D eigenvalue weighted by Gasteiger charge is -2.31. The molecule has 0 atom stereocenters. The minimum Gasteiger partial charge on any atom is -0.338 e. The normalized spacial score (nSPS) is 16.5. The molecule has 0 unspecified atom stereocenters. The van der Waals surface area contributed by atoms with Gasteiger partial charge in [-0.05, 0) is 43.5 Å². The Bertz CT molecular complexity index is 608. The number of nitrogens with zero attached hydrogens (tertiary/aromatic N) is 1. The average Bonchev–Trinajstić information content (AvgIpc) is 2.53. The van der Waals surface area contributed by atoms with Gasteiger partial charge < -0.3 is 10.2 Å². The zero-order valence-electron chi connectivity index (χ0n) is 12.6. The molecule has 1 aliphatic heterocycles. The maximum Gasteiger partial charge on any atom is 0.317 e. The van der Waals surface area contributed by atoms with E-state index in [4.69, 9.17) is 0 Å². The lowest BCUT2D eigenvalue weighted by atomic mass is 10.1. The van der Waals surface area contributed by atoms with E-state index in [1.807, 2.05) is 6.92 Å². The van der Waals surface area contributed by atoms with Gasteiger partial charge in [-0.2, -0.15) is 0 Å². The highest BCUT2D eigenvalue weighted by atomic mass is 32.2. The number of halogens is 1. The summed E-state index contributed by atoms with van der Waals surface area (Å²) in [6.07, 6.45) is 1.67. The predicted molar refractivity (Wildman–Crippen MR) is 81.9 cm³/mol. The smallest absolute Gasteiger partial charge is 0.317 e. The third-order valence-electron chi connectivity index (χ3n) is 3.84. The van der Waals surface area contributed by atoms with E-state index in [-0.39, 0.29) is 10.9 Å². The molecule has 2 rings (SSSR count). The first-order valence-electron chi connectivity index (χ1n) is 7.47. The SMILES string of the molecule is CCCNC(=O)N1CCC(S(=O)(=O)c2ccc(F)cc2)CC1. The molecule has 122 valence electrons. The topological polar surface area (TPSA) is 66.5 Å². The number of carbonyl (C=O) groups excluding carboxylic acids is 1. The summed E-state index contributed by atoms with van der Waals surface area (Å²) in [4.78, 5) is 13.6. The quantitative estimate of drug-likeness (QED) is 0.862. The molecular formula is C15H21FN2O3S. The molecular weight excluding hydrogens is 307 g/mol. The highest BCUT2D eigenvalue weighted by Crippen LogP contribution is 2.24. The summed E-state index contributed by atoms with van der Waals surface area (Å²) in [7, 11) is -3.47. The van der Waals surface area contributed by atoms with E-state index in [0.29, 0.717) is 32.5 Å². The predicted octanol–water partition coefficient (Wildman–Crippen LogP) is 2.18. The highest BCUT2D eigenvalue weighted by molar-refractivity contribution is 7.92. The first-order chi connectivity index (χ1) is 10.4. The molecule has 1 heterocycles. The largest absolute Gasteiger partial charge is 0.338 e. The van der Waals surface area contributed by atoms with Crippen LogP contribution in [0.3, 0.4) is 0 Å². The Morgan fingerprint density at radius 1 is 1.27 bits per heavy atom. The number of amides is 2.